The highest BCUT2D eigenvalue weighted by Gasteiger charge is 2.34. The van der Waals surface area contributed by atoms with Crippen LogP contribution in [0.2, 0.25) is 0 Å². The van der Waals surface area contributed by atoms with E-state index in [1.54, 1.807) is 18.2 Å². The van der Waals surface area contributed by atoms with Crippen molar-refractivity contribution in [1.29, 1.82) is 5.26 Å². The number of nitriles is 1. The molecule has 0 aliphatic rings. The molecule has 0 N–H and O–H groups in total. The van der Waals surface area contributed by atoms with E-state index in [9.17, 15) is 18.4 Å². The molecular weight excluding hydrogens is 652 g/mol. The molecule has 8 aromatic rings. The van der Waals surface area contributed by atoms with Crippen molar-refractivity contribution in [3.8, 4) is 28.6 Å². The SMILES string of the molecule is CC(C)(C)c1ccc2c3ccccc3n(-c3cc(C#N)c(-c4ccccc4C(F)(F)F)cc3-n3c4ccccc4c4ccc(C(C)(C)C)cc43)c2c1. The third-order valence-electron chi connectivity index (χ3n) is 10.3. The van der Waals surface area contributed by atoms with E-state index in [-0.39, 0.29) is 27.5 Å². The summed E-state index contributed by atoms with van der Waals surface area (Å²) in [4.78, 5) is 0. The molecule has 0 unspecified atom stereocenters. The second kappa shape index (κ2) is 11.6. The normalized spacial score (nSPS) is 12.7. The largest absolute Gasteiger partial charge is 0.417 e. The van der Waals surface area contributed by atoms with Crippen LogP contribution in [0.25, 0.3) is 66.1 Å². The smallest absolute Gasteiger partial charge is 0.307 e. The zero-order chi connectivity index (χ0) is 36.7. The van der Waals surface area contributed by atoms with Crippen LogP contribution in [-0.2, 0) is 17.0 Å². The van der Waals surface area contributed by atoms with Crippen molar-refractivity contribution < 1.29 is 13.2 Å². The van der Waals surface area contributed by atoms with Crippen LogP contribution in [0.5, 0.6) is 0 Å². The van der Waals surface area contributed by atoms with Crippen LogP contribution in [0, 0.1) is 11.3 Å². The summed E-state index contributed by atoms with van der Waals surface area (Å²) in [6, 6.07) is 40.7. The van der Waals surface area contributed by atoms with Gasteiger partial charge in [-0.15, -0.1) is 0 Å². The predicted octanol–water partition coefficient (Wildman–Crippen LogP) is 13.0. The Morgan fingerprint density at radius 3 is 1.40 bits per heavy atom. The monoisotopic (exact) mass is 689 g/mol. The highest BCUT2D eigenvalue weighted by Crippen LogP contribution is 2.44. The second-order valence-corrected chi connectivity index (χ2v) is 15.7. The number of hydrogen-bond donors (Lipinski definition) is 0. The number of hydrogen-bond acceptors (Lipinski definition) is 1. The molecule has 0 aliphatic carbocycles. The number of halogens is 3. The van der Waals surface area contributed by atoms with Crippen LogP contribution in [0.4, 0.5) is 13.2 Å². The summed E-state index contributed by atoms with van der Waals surface area (Å²) in [6.07, 6.45) is -4.62. The molecular formula is C46H38F3N3. The van der Waals surface area contributed by atoms with Gasteiger partial charge in [0.15, 0.2) is 0 Å². The maximum Gasteiger partial charge on any atom is 0.417 e. The molecule has 0 amide bonds. The van der Waals surface area contributed by atoms with Gasteiger partial charge in [-0.25, -0.2) is 0 Å². The fourth-order valence-corrected chi connectivity index (χ4v) is 7.61. The molecule has 3 nitrogen and oxygen atoms in total. The molecule has 2 heterocycles. The van der Waals surface area contributed by atoms with Gasteiger partial charge in [-0.05, 0) is 70.0 Å². The van der Waals surface area contributed by atoms with Gasteiger partial charge in [0.1, 0.15) is 0 Å². The molecule has 0 spiro atoms. The van der Waals surface area contributed by atoms with Crippen molar-refractivity contribution in [1.82, 2.24) is 9.13 Å². The number of alkyl halides is 3. The van der Waals surface area contributed by atoms with Crippen molar-refractivity contribution in [3.63, 3.8) is 0 Å². The summed E-state index contributed by atoms with van der Waals surface area (Å²) in [5.41, 5.74) is 6.67. The number of nitrogens with zero attached hydrogens (tertiary/aromatic N) is 3. The molecule has 6 heteroatoms. The van der Waals surface area contributed by atoms with Crippen LogP contribution < -0.4 is 0 Å². The maximum atomic E-state index is 14.6. The van der Waals surface area contributed by atoms with Gasteiger partial charge < -0.3 is 9.13 Å². The van der Waals surface area contributed by atoms with E-state index in [0.29, 0.717) is 11.4 Å². The first-order valence-electron chi connectivity index (χ1n) is 17.5. The quantitative estimate of drug-likeness (QED) is 0.182. The van der Waals surface area contributed by atoms with Crippen LogP contribution in [0.15, 0.2) is 121 Å². The first-order valence-corrected chi connectivity index (χ1v) is 17.5. The van der Waals surface area contributed by atoms with Crippen molar-refractivity contribution in [2.45, 2.75) is 58.5 Å². The zero-order valence-electron chi connectivity index (χ0n) is 30.0. The van der Waals surface area contributed by atoms with E-state index < -0.39 is 11.7 Å². The average Bonchev–Trinajstić information content (AvgIpc) is 3.62. The van der Waals surface area contributed by atoms with Crippen molar-refractivity contribution in [3.05, 3.63) is 144 Å². The molecule has 52 heavy (non-hydrogen) atoms. The minimum atomic E-state index is -4.62. The molecule has 258 valence electrons. The zero-order valence-corrected chi connectivity index (χ0v) is 30.0. The lowest BCUT2D eigenvalue weighted by Crippen LogP contribution is -2.12. The van der Waals surface area contributed by atoms with Gasteiger partial charge in [0, 0.05) is 27.1 Å². The highest BCUT2D eigenvalue weighted by molar-refractivity contribution is 6.12. The van der Waals surface area contributed by atoms with E-state index in [2.05, 4.69) is 117 Å². The fraction of sp³-hybridized carbons (Fsp3) is 0.196. The Bertz CT molecular complexity index is 2760. The number of fused-ring (bicyclic) bond motifs is 6. The number of benzene rings is 6. The Hall–Kier alpha value is -5.80. The van der Waals surface area contributed by atoms with Gasteiger partial charge in [0.2, 0.25) is 0 Å². The highest BCUT2D eigenvalue weighted by atomic mass is 19.4. The van der Waals surface area contributed by atoms with Crippen LogP contribution in [0.3, 0.4) is 0 Å². The summed E-state index contributed by atoms with van der Waals surface area (Å²) < 4.78 is 48.2. The first kappa shape index (κ1) is 33.3. The van der Waals surface area contributed by atoms with E-state index in [1.807, 2.05) is 24.3 Å². The summed E-state index contributed by atoms with van der Waals surface area (Å²) in [5, 5.41) is 14.9. The summed E-state index contributed by atoms with van der Waals surface area (Å²) in [6.45, 7) is 13.1. The summed E-state index contributed by atoms with van der Waals surface area (Å²) >= 11 is 0. The lowest BCUT2D eigenvalue weighted by molar-refractivity contribution is -0.137. The minimum Gasteiger partial charge on any atom is -0.307 e. The van der Waals surface area contributed by atoms with Gasteiger partial charge in [0.25, 0.3) is 0 Å². The van der Waals surface area contributed by atoms with Crippen molar-refractivity contribution in [2.24, 2.45) is 0 Å². The molecule has 0 saturated carbocycles. The van der Waals surface area contributed by atoms with Gasteiger partial charge in [-0.3, -0.25) is 0 Å². The van der Waals surface area contributed by atoms with E-state index >= 15 is 0 Å². The van der Waals surface area contributed by atoms with Crippen LogP contribution >= 0.6 is 0 Å². The van der Waals surface area contributed by atoms with Gasteiger partial charge in [-0.1, -0.05) is 120 Å². The van der Waals surface area contributed by atoms with E-state index in [0.717, 1.165) is 60.8 Å². The molecule has 0 aliphatic heterocycles. The standard InChI is InChI=1S/C46H38F3N3/c1-44(2,3)29-19-21-34-32-14-8-11-17-38(32)51(40(34)24-29)42-23-28(27-50)36(31-13-7-10-16-37(31)46(47,48)49)26-43(42)52-39-18-12-9-15-33(39)35-22-20-30(25-41(35)52)45(4,5)6/h7-26H,1-6H3. The van der Waals surface area contributed by atoms with Crippen LogP contribution in [0.1, 0.15) is 63.8 Å². The molecule has 0 radical (unpaired) electrons. The predicted molar refractivity (Wildman–Crippen MR) is 208 cm³/mol. The summed E-state index contributed by atoms with van der Waals surface area (Å²) in [7, 11) is 0. The first-order chi connectivity index (χ1) is 24.7. The molecule has 0 fully saturated rings. The van der Waals surface area contributed by atoms with Gasteiger partial charge in [-0.2, -0.15) is 18.4 Å². The van der Waals surface area contributed by atoms with E-state index in [4.69, 9.17) is 0 Å². The second-order valence-electron chi connectivity index (χ2n) is 15.7. The molecule has 2 aromatic heterocycles. The Kier molecular flexibility index (Phi) is 7.45. The third-order valence-corrected chi connectivity index (χ3v) is 10.3. The molecule has 6 aromatic carbocycles. The van der Waals surface area contributed by atoms with Crippen molar-refractivity contribution in [2.75, 3.05) is 0 Å². The molecule has 0 saturated heterocycles. The Labute approximate surface area is 301 Å². The topological polar surface area (TPSA) is 33.6 Å². The lowest BCUT2D eigenvalue weighted by atomic mass is 9.86. The summed E-state index contributed by atoms with van der Waals surface area (Å²) in [5.74, 6) is 0. The Morgan fingerprint density at radius 1 is 0.481 bits per heavy atom. The lowest BCUT2D eigenvalue weighted by Gasteiger charge is -2.23. The fourth-order valence-electron chi connectivity index (χ4n) is 7.61. The number of rotatable bonds is 3. The molecule has 0 bridgehead atoms. The van der Waals surface area contributed by atoms with Crippen LogP contribution in [-0.4, -0.2) is 9.13 Å². The number of aromatic nitrogens is 2. The van der Waals surface area contributed by atoms with E-state index in [1.165, 1.54) is 12.1 Å². The Morgan fingerprint density at radius 2 is 0.923 bits per heavy atom. The molecule has 0 atom stereocenters. The van der Waals surface area contributed by atoms with Crippen molar-refractivity contribution >= 4 is 43.6 Å². The Balaban J connectivity index is 1.60. The number of para-hydroxylation sites is 2. The van der Waals surface area contributed by atoms with Gasteiger partial charge in [0.05, 0.1) is 50.6 Å². The average molecular weight is 690 g/mol. The maximum absolute atomic E-state index is 14.6. The van der Waals surface area contributed by atoms with Gasteiger partial charge >= 0.3 is 6.18 Å². The third kappa shape index (κ3) is 5.26. The minimum absolute atomic E-state index is 0.0345. The molecule has 8 rings (SSSR count).